The van der Waals surface area contributed by atoms with E-state index >= 15 is 0 Å². The number of piperazine rings is 1. The lowest BCUT2D eigenvalue weighted by molar-refractivity contribution is -0.140. The predicted octanol–water partition coefficient (Wildman–Crippen LogP) is 3.87. The molecule has 1 aliphatic heterocycles. The van der Waals surface area contributed by atoms with E-state index in [1.165, 1.54) is 6.07 Å². The number of carbonyl (C=O) groups is 1. The molecule has 3 heterocycles. The largest absolute Gasteiger partial charge is 0.433 e. The molecule has 1 N–H and O–H groups in total. The maximum Gasteiger partial charge on any atom is 0.433 e. The van der Waals surface area contributed by atoms with Crippen molar-refractivity contribution in [2.45, 2.75) is 39.0 Å². The fraction of sp³-hybridized carbons (Fsp3) is 0.500. The first-order valence-electron chi connectivity index (χ1n) is 7.72. The summed E-state index contributed by atoms with van der Waals surface area (Å²) < 4.78 is 38.5. The van der Waals surface area contributed by atoms with Crippen molar-refractivity contribution in [2.24, 2.45) is 0 Å². The fourth-order valence-electron chi connectivity index (χ4n) is 2.93. The summed E-state index contributed by atoms with van der Waals surface area (Å²) in [5.74, 6) is -0.134. The number of alkyl halides is 3. The second-order valence-corrected chi connectivity index (χ2v) is 7.08. The van der Waals surface area contributed by atoms with Crippen LogP contribution in [0.5, 0.6) is 0 Å². The zero-order valence-corrected chi connectivity index (χ0v) is 15.6. The van der Waals surface area contributed by atoms with Crippen molar-refractivity contribution in [1.29, 1.82) is 0 Å². The fourth-order valence-corrected chi connectivity index (χ4v) is 4.07. The van der Waals surface area contributed by atoms with Gasteiger partial charge in [0.15, 0.2) is 0 Å². The molecule has 2 aromatic heterocycles. The van der Waals surface area contributed by atoms with E-state index < -0.39 is 11.9 Å². The van der Waals surface area contributed by atoms with E-state index in [0.717, 1.165) is 17.4 Å². The number of aromatic nitrogens is 1. The molecule has 0 spiro atoms. The van der Waals surface area contributed by atoms with E-state index in [0.29, 0.717) is 28.9 Å². The summed E-state index contributed by atoms with van der Waals surface area (Å²) in [6.45, 7) is 7.03. The van der Waals surface area contributed by atoms with Gasteiger partial charge in [0.25, 0.3) is 5.91 Å². The lowest BCUT2D eigenvalue weighted by Gasteiger charge is -2.38. The van der Waals surface area contributed by atoms with Crippen LogP contribution in [0.3, 0.4) is 0 Å². The predicted molar refractivity (Wildman–Crippen MR) is 94.6 cm³/mol. The van der Waals surface area contributed by atoms with E-state index in [1.807, 2.05) is 13.8 Å². The normalized spacial score (nSPS) is 21.3. The molecule has 3 rings (SSSR count). The molecule has 25 heavy (non-hydrogen) atoms. The van der Waals surface area contributed by atoms with Gasteiger partial charge >= 0.3 is 6.18 Å². The molecule has 2 atom stereocenters. The molecule has 0 aliphatic carbocycles. The summed E-state index contributed by atoms with van der Waals surface area (Å²) in [6, 6.07) is 2.56. The molecule has 0 bridgehead atoms. The van der Waals surface area contributed by atoms with E-state index in [-0.39, 0.29) is 35.2 Å². The van der Waals surface area contributed by atoms with Gasteiger partial charge in [-0.15, -0.1) is 23.7 Å². The molecule has 2 aromatic rings. The number of nitrogens with zero attached hydrogens (tertiary/aromatic N) is 2. The van der Waals surface area contributed by atoms with E-state index in [2.05, 4.69) is 10.3 Å². The van der Waals surface area contributed by atoms with Crippen molar-refractivity contribution in [3.8, 4) is 0 Å². The first kappa shape index (κ1) is 19.9. The Balaban J connectivity index is 0.00000225. The Morgan fingerprint density at radius 3 is 2.68 bits per heavy atom. The molecule has 138 valence electrons. The van der Waals surface area contributed by atoms with Gasteiger partial charge in [-0.25, -0.2) is 4.98 Å². The average molecular weight is 394 g/mol. The molecule has 1 aliphatic rings. The Kier molecular flexibility index (Phi) is 5.65. The summed E-state index contributed by atoms with van der Waals surface area (Å²) in [5.41, 5.74) is -0.237. The van der Waals surface area contributed by atoms with Crippen LogP contribution in [0, 0.1) is 6.92 Å². The summed E-state index contributed by atoms with van der Waals surface area (Å²) in [4.78, 5) is 19.1. The number of hydrogen-bond acceptors (Lipinski definition) is 4. The standard InChI is InChI=1S/C16H18F3N3OS.ClH/c1-8-11-4-5-12(16(17,18)19)21-14(11)24-13(8)15(23)22-7-6-20-9(2)10(22)3;/h4-5,9-10,20H,6-7H2,1-3H3;1H. The number of fused-ring (bicyclic) bond motifs is 1. The van der Waals surface area contributed by atoms with Crippen LogP contribution in [-0.2, 0) is 6.18 Å². The van der Waals surface area contributed by atoms with E-state index in [9.17, 15) is 18.0 Å². The number of pyridine rings is 1. The van der Waals surface area contributed by atoms with Crippen molar-refractivity contribution in [2.75, 3.05) is 13.1 Å². The van der Waals surface area contributed by atoms with Crippen LogP contribution in [-0.4, -0.2) is 41.0 Å². The SMILES string of the molecule is Cc1c(C(=O)N2CCNC(C)C2C)sc2nc(C(F)(F)F)ccc12.Cl. The molecule has 0 aromatic carbocycles. The molecule has 1 amide bonds. The molecule has 4 nitrogen and oxygen atoms in total. The van der Waals surface area contributed by atoms with Crippen LogP contribution in [0.25, 0.3) is 10.2 Å². The summed E-state index contributed by atoms with van der Waals surface area (Å²) >= 11 is 1.04. The van der Waals surface area contributed by atoms with Gasteiger partial charge in [-0.05, 0) is 38.5 Å². The lowest BCUT2D eigenvalue weighted by Crippen LogP contribution is -2.57. The number of hydrogen-bond donors (Lipinski definition) is 1. The Morgan fingerprint density at radius 1 is 1.36 bits per heavy atom. The number of carbonyl (C=O) groups excluding carboxylic acids is 1. The van der Waals surface area contributed by atoms with Crippen molar-refractivity contribution < 1.29 is 18.0 Å². The van der Waals surface area contributed by atoms with Crippen molar-refractivity contribution in [3.63, 3.8) is 0 Å². The second kappa shape index (κ2) is 7.09. The van der Waals surface area contributed by atoms with Gasteiger partial charge < -0.3 is 10.2 Å². The second-order valence-electron chi connectivity index (χ2n) is 6.09. The van der Waals surface area contributed by atoms with Gasteiger partial charge in [-0.3, -0.25) is 4.79 Å². The van der Waals surface area contributed by atoms with Gasteiger partial charge in [0.05, 0.1) is 4.88 Å². The van der Waals surface area contributed by atoms with Crippen molar-refractivity contribution in [1.82, 2.24) is 15.2 Å². The van der Waals surface area contributed by atoms with Crippen LogP contribution < -0.4 is 5.32 Å². The highest BCUT2D eigenvalue weighted by Crippen LogP contribution is 2.35. The molecule has 9 heteroatoms. The zero-order valence-electron chi connectivity index (χ0n) is 14.0. The molecule has 0 radical (unpaired) electrons. The monoisotopic (exact) mass is 393 g/mol. The summed E-state index contributed by atoms with van der Waals surface area (Å²) in [7, 11) is 0. The van der Waals surface area contributed by atoms with Crippen LogP contribution in [0.1, 0.15) is 34.8 Å². The third kappa shape index (κ3) is 3.61. The number of rotatable bonds is 1. The molecule has 1 fully saturated rings. The smallest absolute Gasteiger partial charge is 0.332 e. The highest BCUT2D eigenvalue weighted by atomic mass is 35.5. The molecule has 0 saturated carbocycles. The number of aryl methyl sites for hydroxylation is 1. The first-order valence-corrected chi connectivity index (χ1v) is 8.53. The lowest BCUT2D eigenvalue weighted by atomic mass is 10.1. The van der Waals surface area contributed by atoms with Gasteiger partial charge in [-0.2, -0.15) is 13.2 Å². The zero-order chi connectivity index (χ0) is 17.6. The Labute approximate surface area is 153 Å². The van der Waals surface area contributed by atoms with Gasteiger partial charge in [0, 0.05) is 30.6 Å². The molecular weight excluding hydrogens is 375 g/mol. The minimum absolute atomic E-state index is 0. The van der Waals surface area contributed by atoms with Crippen LogP contribution in [0.2, 0.25) is 0 Å². The average Bonchev–Trinajstić information content (AvgIpc) is 2.85. The third-order valence-electron chi connectivity index (χ3n) is 4.58. The van der Waals surface area contributed by atoms with Crippen LogP contribution >= 0.6 is 23.7 Å². The van der Waals surface area contributed by atoms with Gasteiger partial charge in [-0.1, -0.05) is 0 Å². The molecular formula is C16H19ClF3N3OS. The molecule has 1 saturated heterocycles. The van der Waals surface area contributed by atoms with E-state index in [1.54, 1.807) is 11.8 Å². The van der Waals surface area contributed by atoms with Crippen molar-refractivity contribution >= 4 is 39.9 Å². The summed E-state index contributed by atoms with van der Waals surface area (Å²) in [6.07, 6.45) is -4.49. The minimum Gasteiger partial charge on any atom is -0.332 e. The van der Waals surface area contributed by atoms with Gasteiger partial charge in [0.2, 0.25) is 0 Å². The van der Waals surface area contributed by atoms with Crippen molar-refractivity contribution in [3.05, 3.63) is 28.3 Å². The van der Waals surface area contributed by atoms with Crippen LogP contribution in [0.4, 0.5) is 13.2 Å². The Morgan fingerprint density at radius 2 is 2.04 bits per heavy atom. The topological polar surface area (TPSA) is 45.2 Å². The molecule has 2 unspecified atom stereocenters. The number of halogens is 4. The maximum atomic E-state index is 12.9. The van der Waals surface area contributed by atoms with Gasteiger partial charge in [0.1, 0.15) is 10.5 Å². The highest BCUT2D eigenvalue weighted by Gasteiger charge is 2.34. The third-order valence-corrected chi connectivity index (χ3v) is 5.77. The maximum absolute atomic E-state index is 12.9. The Hall–Kier alpha value is -1.38. The minimum atomic E-state index is -4.49. The quantitative estimate of drug-likeness (QED) is 0.800. The van der Waals surface area contributed by atoms with E-state index in [4.69, 9.17) is 0 Å². The Bertz CT molecular complexity index is 793. The number of nitrogens with one attached hydrogen (secondary N) is 1. The highest BCUT2D eigenvalue weighted by molar-refractivity contribution is 7.20. The number of amides is 1. The summed E-state index contributed by atoms with van der Waals surface area (Å²) in [5, 5.41) is 3.91. The number of thiophene rings is 1. The first-order chi connectivity index (χ1) is 11.2. The van der Waals surface area contributed by atoms with Crippen LogP contribution in [0.15, 0.2) is 12.1 Å².